The van der Waals surface area contributed by atoms with Gasteiger partial charge in [0.2, 0.25) is 0 Å². The monoisotopic (exact) mass is 266 g/mol. The first-order valence-corrected chi connectivity index (χ1v) is 5.94. The van der Waals surface area contributed by atoms with Crippen LogP contribution in [-0.4, -0.2) is 35.3 Å². The summed E-state index contributed by atoms with van der Waals surface area (Å²) in [4.78, 5) is 21.3. The molecular weight excluding hydrogens is 252 g/mol. The van der Waals surface area contributed by atoms with Crippen LogP contribution in [0.15, 0.2) is 18.2 Å². The minimum atomic E-state index is -1.11. The molecular formula is C12H14N2O5. The molecule has 1 atom stereocenters. The van der Waals surface area contributed by atoms with Gasteiger partial charge in [0.25, 0.3) is 5.69 Å². The van der Waals surface area contributed by atoms with Crippen LogP contribution in [0.2, 0.25) is 0 Å². The molecule has 7 heteroatoms. The normalized spacial score (nSPS) is 18.8. The van der Waals surface area contributed by atoms with E-state index in [1.165, 1.54) is 18.2 Å². The molecule has 1 aromatic rings. The van der Waals surface area contributed by atoms with E-state index >= 15 is 0 Å². The van der Waals surface area contributed by atoms with Crippen LogP contribution in [0.25, 0.3) is 0 Å². The van der Waals surface area contributed by atoms with Crippen LogP contribution >= 0.6 is 0 Å². The smallest absolute Gasteiger partial charge is 0.335 e. The van der Waals surface area contributed by atoms with Crippen LogP contribution in [0.1, 0.15) is 23.2 Å². The molecule has 2 N–H and O–H groups in total. The van der Waals surface area contributed by atoms with Crippen LogP contribution < -0.4 is 5.32 Å². The molecule has 1 aromatic carbocycles. The number of hydrogen-bond acceptors (Lipinski definition) is 5. The summed E-state index contributed by atoms with van der Waals surface area (Å²) in [6, 6.07) is 3.68. The van der Waals surface area contributed by atoms with Crippen molar-refractivity contribution >= 4 is 17.3 Å². The van der Waals surface area contributed by atoms with E-state index < -0.39 is 10.9 Å². The van der Waals surface area contributed by atoms with Crippen LogP contribution in [-0.2, 0) is 4.74 Å². The Bertz CT molecular complexity index is 497. The van der Waals surface area contributed by atoms with Crippen LogP contribution in [0, 0.1) is 10.1 Å². The number of benzene rings is 1. The molecule has 1 fully saturated rings. The molecule has 2 rings (SSSR count). The highest BCUT2D eigenvalue weighted by Crippen LogP contribution is 2.27. The fourth-order valence-electron chi connectivity index (χ4n) is 2.02. The molecule has 0 saturated carbocycles. The minimum absolute atomic E-state index is 0.0184. The maximum absolute atomic E-state index is 10.9. The highest BCUT2D eigenvalue weighted by Gasteiger charge is 2.20. The average molecular weight is 266 g/mol. The summed E-state index contributed by atoms with van der Waals surface area (Å²) in [5, 5.41) is 22.8. The molecule has 1 saturated heterocycles. The SMILES string of the molecule is O=C(O)c1ccc([N+](=O)[O-])c(NC2CCCOC2)c1. The molecule has 0 aromatic heterocycles. The molecule has 1 unspecified atom stereocenters. The number of nitrogens with zero attached hydrogens (tertiary/aromatic N) is 1. The number of carboxylic acids is 1. The quantitative estimate of drug-likeness (QED) is 0.637. The number of anilines is 1. The summed E-state index contributed by atoms with van der Waals surface area (Å²) in [6.07, 6.45) is 1.72. The molecule has 19 heavy (non-hydrogen) atoms. The van der Waals surface area contributed by atoms with E-state index in [0.717, 1.165) is 12.8 Å². The van der Waals surface area contributed by atoms with Crippen LogP contribution in [0.4, 0.5) is 11.4 Å². The Hall–Kier alpha value is -2.15. The summed E-state index contributed by atoms with van der Waals surface area (Å²) < 4.78 is 5.28. The lowest BCUT2D eigenvalue weighted by Crippen LogP contribution is -2.30. The van der Waals surface area contributed by atoms with E-state index in [-0.39, 0.29) is 23.0 Å². The molecule has 1 aliphatic rings. The van der Waals surface area contributed by atoms with E-state index in [0.29, 0.717) is 13.2 Å². The van der Waals surface area contributed by atoms with Gasteiger partial charge >= 0.3 is 5.97 Å². The van der Waals surface area contributed by atoms with Crippen LogP contribution in [0.3, 0.4) is 0 Å². The highest BCUT2D eigenvalue weighted by molar-refractivity contribution is 5.90. The standard InChI is InChI=1S/C12H14N2O5/c15-12(16)8-3-4-11(14(17)18)10(6-8)13-9-2-1-5-19-7-9/h3-4,6,9,13H,1-2,5,7H2,(H,15,16). The van der Waals surface area contributed by atoms with Gasteiger partial charge in [0.1, 0.15) is 5.69 Å². The number of hydrogen-bond donors (Lipinski definition) is 2. The van der Waals surface area contributed by atoms with Gasteiger partial charge in [0, 0.05) is 18.7 Å². The molecule has 7 nitrogen and oxygen atoms in total. The van der Waals surface area contributed by atoms with Crippen molar-refractivity contribution in [3.63, 3.8) is 0 Å². The third-order valence-electron chi connectivity index (χ3n) is 2.96. The Balaban J connectivity index is 2.26. The second-order valence-corrected chi connectivity index (χ2v) is 4.35. The third-order valence-corrected chi connectivity index (χ3v) is 2.96. The van der Waals surface area contributed by atoms with E-state index in [4.69, 9.17) is 9.84 Å². The Morgan fingerprint density at radius 1 is 1.53 bits per heavy atom. The number of carboxylic acid groups (broad SMARTS) is 1. The first-order chi connectivity index (χ1) is 9.08. The maximum Gasteiger partial charge on any atom is 0.335 e. The lowest BCUT2D eigenvalue weighted by molar-refractivity contribution is -0.384. The van der Waals surface area contributed by atoms with Gasteiger partial charge in [0.15, 0.2) is 0 Å². The fraction of sp³-hybridized carbons (Fsp3) is 0.417. The number of nitro groups is 1. The van der Waals surface area contributed by atoms with E-state index in [1.54, 1.807) is 0 Å². The van der Waals surface area contributed by atoms with Gasteiger partial charge in [-0.25, -0.2) is 4.79 Å². The van der Waals surface area contributed by atoms with Gasteiger partial charge < -0.3 is 15.2 Å². The zero-order valence-corrected chi connectivity index (χ0v) is 10.2. The molecule has 102 valence electrons. The minimum Gasteiger partial charge on any atom is -0.478 e. The molecule has 0 bridgehead atoms. The molecule has 0 spiro atoms. The zero-order chi connectivity index (χ0) is 13.8. The van der Waals surface area contributed by atoms with Crippen molar-refractivity contribution in [2.24, 2.45) is 0 Å². The van der Waals surface area contributed by atoms with Gasteiger partial charge in [0.05, 0.1) is 17.1 Å². The van der Waals surface area contributed by atoms with Crippen molar-refractivity contribution in [1.82, 2.24) is 0 Å². The summed E-state index contributed by atoms with van der Waals surface area (Å²) >= 11 is 0. The second kappa shape index (κ2) is 5.66. The van der Waals surface area contributed by atoms with Crippen molar-refractivity contribution in [2.45, 2.75) is 18.9 Å². The Kier molecular flexibility index (Phi) is 3.96. The van der Waals surface area contributed by atoms with Gasteiger partial charge in [-0.1, -0.05) is 0 Å². The summed E-state index contributed by atoms with van der Waals surface area (Å²) in [6.45, 7) is 1.16. The predicted octanol–water partition coefficient (Wildman–Crippen LogP) is 1.88. The summed E-state index contributed by atoms with van der Waals surface area (Å²) in [5.74, 6) is -1.11. The van der Waals surface area contributed by atoms with E-state index in [9.17, 15) is 14.9 Å². The maximum atomic E-state index is 10.9. The van der Waals surface area contributed by atoms with Crippen molar-refractivity contribution < 1.29 is 19.6 Å². The number of nitro benzene ring substituents is 1. The molecule has 1 heterocycles. The summed E-state index contributed by atoms with van der Waals surface area (Å²) in [7, 11) is 0. The van der Waals surface area contributed by atoms with Crippen molar-refractivity contribution in [3.8, 4) is 0 Å². The fourth-order valence-corrected chi connectivity index (χ4v) is 2.02. The largest absolute Gasteiger partial charge is 0.478 e. The topological polar surface area (TPSA) is 102 Å². The second-order valence-electron chi connectivity index (χ2n) is 4.35. The molecule has 0 radical (unpaired) electrons. The van der Waals surface area contributed by atoms with E-state index in [1.807, 2.05) is 0 Å². The predicted molar refractivity (Wildman–Crippen MR) is 67.5 cm³/mol. The van der Waals surface area contributed by atoms with Gasteiger partial charge in [-0.3, -0.25) is 10.1 Å². The number of ether oxygens (including phenoxy) is 1. The third kappa shape index (κ3) is 3.19. The first-order valence-electron chi connectivity index (χ1n) is 5.94. The Morgan fingerprint density at radius 3 is 2.89 bits per heavy atom. The Morgan fingerprint density at radius 2 is 2.32 bits per heavy atom. The van der Waals surface area contributed by atoms with Gasteiger partial charge in [-0.2, -0.15) is 0 Å². The number of rotatable bonds is 4. The van der Waals surface area contributed by atoms with Crippen molar-refractivity contribution in [2.75, 3.05) is 18.5 Å². The summed E-state index contributed by atoms with van der Waals surface area (Å²) in [5.41, 5.74) is 0.112. The lowest BCUT2D eigenvalue weighted by Gasteiger charge is -2.24. The van der Waals surface area contributed by atoms with Crippen LogP contribution in [0.5, 0.6) is 0 Å². The highest BCUT2D eigenvalue weighted by atomic mass is 16.6. The molecule has 0 amide bonds. The molecule has 1 aliphatic heterocycles. The lowest BCUT2D eigenvalue weighted by atomic mass is 10.1. The van der Waals surface area contributed by atoms with Crippen molar-refractivity contribution in [3.05, 3.63) is 33.9 Å². The first kappa shape index (κ1) is 13.3. The zero-order valence-electron chi connectivity index (χ0n) is 10.2. The van der Waals surface area contributed by atoms with Crippen molar-refractivity contribution in [1.29, 1.82) is 0 Å². The van der Waals surface area contributed by atoms with E-state index in [2.05, 4.69) is 5.32 Å². The number of aromatic carboxylic acids is 1. The van der Waals surface area contributed by atoms with Gasteiger partial charge in [-0.15, -0.1) is 0 Å². The van der Waals surface area contributed by atoms with Gasteiger partial charge in [-0.05, 0) is 25.0 Å². The Labute approximate surface area is 109 Å². The number of carbonyl (C=O) groups is 1. The average Bonchev–Trinajstić information content (AvgIpc) is 2.39. The number of nitrogens with one attached hydrogen (secondary N) is 1. The molecule has 0 aliphatic carbocycles.